The lowest BCUT2D eigenvalue weighted by Crippen LogP contribution is -2.39. The fourth-order valence-electron chi connectivity index (χ4n) is 2.14. The molecule has 0 fully saturated rings. The molecule has 0 aliphatic rings. The number of carboxylic acid groups (broad SMARTS) is 1. The molecular formula is C17H17N3O5S. The number of rotatable bonds is 7. The number of amides is 1. The SMILES string of the molecule is CS(=O)(=O)N(CC(=O)NN=Cc1ccccc1C(=O)O)c1ccccc1. The van der Waals surface area contributed by atoms with Crippen LogP contribution in [0.1, 0.15) is 15.9 Å². The van der Waals surface area contributed by atoms with Crippen molar-refractivity contribution in [2.24, 2.45) is 5.10 Å². The Kier molecular flexibility index (Phi) is 6.07. The highest BCUT2D eigenvalue weighted by atomic mass is 32.2. The van der Waals surface area contributed by atoms with E-state index >= 15 is 0 Å². The average molecular weight is 375 g/mol. The normalized spacial score (nSPS) is 11.3. The number of nitrogens with zero attached hydrogens (tertiary/aromatic N) is 2. The monoisotopic (exact) mass is 375 g/mol. The zero-order valence-electron chi connectivity index (χ0n) is 13.9. The minimum Gasteiger partial charge on any atom is -0.478 e. The summed E-state index contributed by atoms with van der Waals surface area (Å²) in [5.74, 6) is -1.78. The summed E-state index contributed by atoms with van der Waals surface area (Å²) in [5, 5.41) is 12.8. The first kappa shape index (κ1) is 19.1. The fourth-order valence-corrected chi connectivity index (χ4v) is 2.99. The number of para-hydroxylation sites is 1. The van der Waals surface area contributed by atoms with E-state index in [1.165, 1.54) is 18.3 Å². The number of benzene rings is 2. The summed E-state index contributed by atoms with van der Waals surface area (Å²) in [6.07, 6.45) is 2.19. The molecule has 0 radical (unpaired) electrons. The zero-order valence-corrected chi connectivity index (χ0v) is 14.7. The lowest BCUT2D eigenvalue weighted by atomic mass is 10.1. The van der Waals surface area contributed by atoms with Crippen molar-refractivity contribution in [2.45, 2.75) is 0 Å². The smallest absolute Gasteiger partial charge is 0.336 e. The van der Waals surface area contributed by atoms with Crippen molar-refractivity contribution in [3.8, 4) is 0 Å². The number of nitrogens with one attached hydrogen (secondary N) is 1. The molecule has 8 nitrogen and oxygen atoms in total. The predicted molar refractivity (Wildman–Crippen MR) is 97.8 cm³/mol. The van der Waals surface area contributed by atoms with Gasteiger partial charge >= 0.3 is 5.97 Å². The summed E-state index contributed by atoms with van der Waals surface area (Å²) < 4.78 is 24.8. The summed E-state index contributed by atoms with van der Waals surface area (Å²) in [6.45, 7) is -0.458. The van der Waals surface area contributed by atoms with E-state index in [4.69, 9.17) is 5.11 Å². The summed E-state index contributed by atoms with van der Waals surface area (Å²) in [4.78, 5) is 23.1. The predicted octanol–water partition coefficient (Wildman–Crippen LogP) is 1.30. The highest BCUT2D eigenvalue weighted by Gasteiger charge is 2.20. The molecule has 0 unspecified atom stereocenters. The van der Waals surface area contributed by atoms with Crippen molar-refractivity contribution >= 4 is 33.8 Å². The molecule has 136 valence electrons. The van der Waals surface area contributed by atoms with Crippen LogP contribution in [0.25, 0.3) is 0 Å². The molecule has 0 saturated carbocycles. The fraction of sp³-hybridized carbons (Fsp3) is 0.118. The number of sulfonamides is 1. The van der Waals surface area contributed by atoms with Gasteiger partial charge in [0.25, 0.3) is 5.91 Å². The van der Waals surface area contributed by atoms with Gasteiger partial charge < -0.3 is 5.11 Å². The number of carbonyl (C=O) groups is 2. The zero-order chi connectivity index (χ0) is 19.2. The molecule has 2 N–H and O–H groups in total. The molecule has 0 aliphatic carbocycles. The molecule has 0 saturated heterocycles. The van der Waals surface area contributed by atoms with Gasteiger partial charge in [-0.05, 0) is 18.2 Å². The van der Waals surface area contributed by atoms with E-state index in [0.717, 1.165) is 10.6 Å². The van der Waals surface area contributed by atoms with E-state index in [9.17, 15) is 18.0 Å². The largest absolute Gasteiger partial charge is 0.478 e. The Morgan fingerprint density at radius 2 is 1.73 bits per heavy atom. The van der Waals surface area contributed by atoms with Gasteiger partial charge in [0.2, 0.25) is 10.0 Å². The van der Waals surface area contributed by atoms with E-state index in [-0.39, 0.29) is 5.56 Å². The van der Waals surface area contributed by atoms with Crippen molar-refractivity contribution < 1.29 is 23.1 Å². The lowest BCUT2D eigenvalue weighted by molar-refractivity contribution is -0.119. The Bertz CT molecular complexity index is 926. The summed E-state index contributed by atoms with van der Waals surface area (Å²) >= 11 is 0. The van der Waals surface area contributed by atoms with E-state index in [2.05, 4.69) is 10.5 Å². The molecule has 0 aromatic heterocycles. The molecule has 0 spiro atoms. The first-order chi connectivity index (χ1) is 12.3. The summed E-state index contributed by atoms with van der Waals surface area (Å²) in [6, 6.07) is 14.3. The van der Waals surface area contributed by atoms with Crippen LogP contribution in [-0.4, -0.2) is 44.4 Å². The lowest BCUT2D eigenvalue weighted by Gasteiger charge is -2.21. The third-order valence-corrected chi connectivity index (χ3v) is 4.46. The van der Waals surface area contributed by atoms with Crippen molar-refractivity contribution in [3.05, 3.63) is 65.7 Å². The van der Waals surface area contributed by atoms with Crippen LogP contribution < -0.4 is 9.73 Å². The van der Waals surface area contributed by atoms with Crippen molar-refractivity contribution in [1.82, 2.24) is 5.43 Å². The summed E-state index contributed by atoms with van der Waals surface area (Å²) in [7, 11) is -3.67. The van der Waals surface area contributed by atoms with E-state index < -0.39 is 28.4 Å². The van der Waals surface area contributed by atoms with Gasteiger partial charge in [0.1, 0.15) is 6.54 Å². The molecule has 2 aromatic rings. The third-order valence-electron chi connectivity index (χ3n) is 3.32. The number of carboxylic acids is 1. The van der Waals surface area contributed by atoms with Gasteiger partial charge in [-0.3, -0.25) is 9.10 Å². The van der Waals surface area contributed by atoms with Gasteiger partial charge in [0, 0.05) is 5.56 Å². The highest BCUT2D eigenvalue weighted by Crippen LogP contribution is 2.16. The molecular weight excluding hydrogens is 358 g/mol. The number of hydrazone groups is 1. The molecule has 1 amide bonds. The van der Waals surface area contributed by atoms with Crippen LogP contribution in [0.5, 0.6) is 0 Å². The van der Waals surface area contributed by atoms with Gasteiger partial charge in [0.15, 0.2) is 0 Å². The second-order valence-electron chi connectivity index (χ2n) is 5.29. The maximum Gasteiger partial charge on any atom is 0.336 e. The number of anilines is 1. The minimum absolute atomic E-state index is 0.0348. The van der Waals surface area contributed by atoms with Crippen LogP contribution in [-0.2, 0) is 14.8 Å². The maximum atomic E-state index is 12.0. The van der Waals surface area contributed by atoms with E-state index in [1.54, 1.807) is 42.5 Å². The molecule has 9 heteroatoms. The Morgan fingerprint density at radius 3 is 2.35 bits per heavy atom. The highest BCUT2D eigenvalue weighted by molar-refractivity contribution is 7.92. The quantitative estimate of drug-likeness (QED) is 0.559. The number of carbonyl (C=O) groups excluding carboxylic acids is 1. The maximum absolute atomic E-state index is 12.0. The van der Waals surface area contributed by atoms with Gasteiger partial charge in [-0.15, -0.1) is 0 Å². The van der Waals surface area contributed by atoms with Gasteiger partial charge in [0.05, 0.1) is 23.7 Å². The van der Waals surface area contributed by atoms with Crippen molar-refractivity contribution in [2.75, 3.05) is 17.1 Å². The first-order valence-corrected chi connectivity index (χ1v) is 9.31. The topological polar surface area (TPSA) is 116 Å². The molecule has 0 heterocycles. The molecule has 0 bridgehead atoms. The second kappa shape index (κ2) is 8.26. The van der Waals surface area contributed by atoms with Gasteiger partial charge in [-0.25, -0.2) is 18.6 Å². The van der Waals surface area contributed by atoms with Crippen molar-refractivity contribution in [3.63, 3.8) is 0 Å². The van der Waals surface area contributed by atoms with Crippen LogP contribution in [0.4, 0.5) is 5.69 Å². The van der Waals surface area contributed by atoms with Crippen molar-refractivity contribution in [1.29, 1.82) is 0 Å². The first-order valence-electron chi connectivity index (χ1n) is 7.46. The second-order valence-corrected chi connectivity index (χ2v) is 7.20. The Morgan fingerprint density at radius 1 is 1.12 bits per heavy atom. The third kappa shape index (κ3) is 5.15. The van der Waals surface area contributed by atoms with E-state index in [1.807, 2.05) is 0 Å². The van der Waals surface area contributed by atoms with E-state index in [0.29, 0.717) is 11.3 Å². The number of hydrogen-bond acceptors (Lipinski definition) is 5. The Labute approximate surface area is 150 Å². The Hall–Kier alpha value is -3.20. The van der Waals surface area contributed by atoms with Crippen LogP contribution in [0, 0.1) is 0 Å². The molecule has 2 aromatic carbocycles. The molecule has 2 rings (SSSR count). The van der Waals surface area contributed by atoms with Gasteiger partial charge in [-0.2, -0.15) is 5.10 Å². The Balaban J connectivity index is 2.09. The molecule has 26 heavy (non-hydrogen) atoms. The van der Waals surface area contributed by atoms with Crippen LogP contribution in [0.15, 0.2) is 59.7 Å². The standard InChI is InChI=1S/C17H17N3O5S/c1-26(24,25)20(14-8-3-2-4-9-14)12-16(21)19-18-11-13-7-5-6-10-15(13)17(22)23/h2-11H,12H2,1H3,(H,19,21)(H,22,23). The molecule has 0 atom stereocenters. The van der Waals surface area contributed by atoms with Crippen LogP contribution in [0.2, 0.25) is 0 Å². The molecule has 0 aliphatic heterocycles. The van der Waals surface area contributed by atoms with Gasteiger partial charge in [-0.1, -0.05) is 36.4 Å². The summed E-state index contributed by atoms with van der Waals surface area (Å²) in [5.41, 5.74) is 2.90. The van der Waals surface area contributed by atoms with Crippen LogP contribution in [0.3, 0.4) is 0 Å². The minimum atomic E-state index is -3.67. The number of hydrogen-bond donors (Lipinski definition) is 2. The number of aromatic carboxylic acids is 1. The van der Waals surface area contributed by atoms with Crippen LogP contribution >= 0.6 is 0 Å². The average Bonchev–Trinajstić information content (AvgIpc) is 2.60.